The Morgan fingerprint density at radius 3 is 2.40 bits per heavy atom. The predicted octanol–water partition coefficient (Wildman–Crippen LogP) is 2.82. The van der Waals surface area contributed by atoms with Crippen molar-refractivity contribution >= 4 is 6.29 Å². The molecular weight excluding hydrogens is 254 g/mol. The first kappa shape index (κ1) is 13.8. The molecule has 2 rings (SSSR count). The molecule has 0 saturated carbocycles. The zero-order chi connectivity index (χ0) is 14.9. The van der Waals surface area contributed by atoms with E-state index in [4.69, 9.17) is 10.00 Å². The normalized spacial score (nSPS) is 10.2. The van der Waals surface area contributed by atoms with Gasteiger partial charge in [-0.05, 0) is 44.0 Å². The van der Waals surface area contributed by atoms with Gasteiger partial charge in [-0.2, -0.15) is 10.4 Å². The first-order valence-corrected chi connectivity index (χ1v) is 6.16. The molecule has 0 bridgehead atoms. The van der Waals surface area contributed by atoms with E-state index in [0.29, 0.717) is 28.5 Å². The Kier molecular flexibility index (Phi) is 3.57. The summed E-state index contributed by atoms with van der Waals surface area (Å²) in [5.74, 6) is 1.06. The number of carbonyl (C=O) groups excluding carboxylic acids is 1. The van der Waals surface area contributed by atoms with E-state index in [2.05, 4.69) is 11.2 Å². The summed E-state index contributed by atoms with van der Waals surface area (Å²) in [5.41, 5.74) is 3.34. The minimum absolute atomic E-state index is 0.411. The maximum atomic E-state index is 11.1. The van der Waals surface area contributed by atoms with Crippen LogP contribution < -0.4 is 4.74 Å². The lowest BCUT2D eigenvalue weighted by molar-refractivity contribution is 0.112. The van der Waals surface area contributed by atoms with Gasteiger partial charge in [0.1, 0.15) is 5.75 Å². The van der Waals surface area contributed by atoms with Crippen LogP contribution in [0, 0.1) is 32.1 Å². The molecule has 0 saturated heterocycles. The van der Waals surface area contributed by atoms with E-state index in [9.17, 15) is 4.79 Å². The van der Waals surface area contributed by atoms with Gasteiger partial charge in [-0.1, -0.05) is 0 Å². The largest absolute Gasteiger partial charge is 0.438 e. The summed E-state index contributed by atoms with van der Waals surface area (Å²) in [5, 5.41) is 13.1. The topological polar surface area (TPSA) is 67.9 Å². The van der Waals surface area contributed by atoms with Crippen LogP contribution in [0.25, 0.3) is 0 Å². The standard InChI is InChI=1S/C15H15N3O2/c1-9-5-12(7-16)6-10(2)14(9)20-15-13(8-19)11(3)17-18(15)4/h5-6,8H,1-4H3. The number of nitriles is 1. The fraction of sp³-hybridized carbons (Fsp3) is 0.267. The molecule has 0 atom stereocenters. The number of hydrogen-bond acceptors (Lipinski definition) is 4. The molecule has 0 unspecified atom stereocenters. The lowest BCUT2D eigenvalue weighted by Gasteiger charge is -2.12. The SMILES string of the molecule is Cc1cc(C#N)cc(C)c1Oc1c(C=O)c(C)nn1C. The molecule has 20 heavy (non-hydrogen) atoms. The highest BCUT2D eigenvalue weighted by atomic mass is 16.5. The van der Waals surface area contributed by atoms with Crippen molar-refractivity contribution in [3.8, 4) is 17.7 Å². The smallest absolute Gasteiger partial charge is 0.228 e. The Balaban J connectivity index is 2.51. The molecule has 0 amide bonds. The second-order valence-electron chi connectivity index (χ2n) is 4.70. The number of benzene rings is 1. The van der Waals surface area contributed by atoms with Crippen LogP contribution in [0.15, 0.2) is 12.1 Å². The average molecular weight is 269 g/mol. The second-order valence-corrected chi connectivity index (χ2v) is 4.70. The molecule has 1 aromatic heterocycles. The van der Waals surface area contributed by atoms with Gasteiger partial charge in [0.2, 0.25) is 5.88 Å². The van der Waals surface area contributed by atoms with Gasteiger partial charge in [0.25, 0.3) is 0 Å². The van der Waals surface area contributed by atoms with E-state index < -0.39 is 0 Å². The van der Waals surface area contributed by atoms with E-state index in [-0.39, 0.29) is 0 Å². The van der Waals surface area contributed by atoms with Gasteiger partial charge in [-0.3, -0.25) is 4.79 Å². The van der Waals surface area contributed by atoms with Gasteiger partial charge in [0.05, 0.1) is 22.9 Å². The third-order valence-corrected chi connectivity index (χ3v) is 3.12. The Bertz CT molecular complexity index is 700. The fourth-order valence-corrected chi connectivity index (χ4v) is 2.18. The number of hydrogen-bond donors (Lipinski definition) is 0. The molecule has 0 radical (unpaired) electrons. The number of aromatic nitrogens is 2. The number of aryl methyl sites for hydroxylation is 4. The van der Waals surface area contributed by atoms with Crippen molar-refractivity contribution in [2.75, 3.05) is 0 Å². The summed E-state index contributed by atoms with van der Waals surface area (Å²) in [7, 11) is 1.73. The van der Waals surface area contributed by atoms with Crippen LogP contribution >= 0.6 is 0 Å². The van der Waals surface area contributed by atoms with Gasteiger partial charge in [0.15, 0.2) is 6.29 Å². The summed E-state index contributed by atoms with van der Waals surface area (Å²) < 4.78 is 7.41. The van der Waals surface area contributed by atoms with Gasteiger partial charge in [-0.25, -0.2) is 4.68 Å². The Labute approximate surface area is 117 Å². The summed E-state index contributed by atoms with van der Waals surface area (Å²) >= 11 is 0. The molecule has 1 aromatic carbocycles. The van der Waals surface area contributed by atoms with Crippen molar-refractivity contribution in [1.29, 1.82) is 5.26 Å². The highest BCUT2D eigenvalue weighted by Crippen LogP contribution is 2.31. The van der Waals surface area contributed by atoms with Crippen molar-refractivity contribution in [2.24, 2.45) is 7.05 Å². The number of carbonyl (C=O) groups is 1. The number of aldehydes is 1. The maximum absolute atomic E-state index is 11.1. The Morgan fingerprint density at radius 1 is 1.30 bits per heavy atom. The first-order valence-electron chi connectivity index (χ1n) is 6.16. The van der Waals surface area contributed by atoms with E-state index in [1.165, 1.54) is 4.68 Å². The second kappa shape index (κ2) is 5.17. The number of ether oxygens (including phenoxy) is 1. The van der Waals surface area contributed by atoms with Gasteiger partial charge >= 0.3 is 0 Å². The van der Waals surface area contributed by atoms with Crippen LogP contribution in [-0.2, 0) is 7.05 Å². The third kappa shape index (κ3) is 2.28. The van der Waals surface area contributed by atoms with Crippen LogP contribution in [0.1, 0.15) is 32.7 Å². The van der Waals surface area contributed by atoms with E-state index in [1.807, 2.05) is 13.8 Å². The van der Waals surface area contributed by atoms with Gasteiger partial charge in [-0.15, -0.1) is 0 Å². The van der Waals surface area contributed by atoms with Crippen molar-refractivity contribution in [2.45, 2.75) is 20.8 Å². The van der Waals surface area contributed by atoms with Crippen LogP contribution in [0.5, 0.6) is 11.6 Å². The van der Waals surface area contributed by atoms with Crippen molar-refractivity contribution in [1.82, 2.24) is 9.78 Å². The zero-order valence-corrected chi connectivity index (χ0v) is 11.9. The molecule has 5 nitrogen and oxygen atoms in total. The molecule has 0 aliphatic heterocycles. The van der Waals surface area contributed by atoms with Crippen molar-refractivity contribution in [3.63, 3.8) is 0 Å². The maximum Gasteiger partial charge on any atom is 0.228 e. The molecule has 0 spiro atoms. The highest BCUT2D eigenvalue weighted by Gasteiger charge is 2.17. The molecule has 0 N–H and O–H groups in total. The molecular formula is C15H15N3O2. The number of rotatable bonds is 3. The molecule has 2 aromatic rings. The van der Waals surface area contributed by atoms with Gasteiger partial charge in [0, 0.05) is 7.05 Å². The quantitative estimate of drug-likeness (QED) is 0.803. The van der Waals surface area contributed by atoms with Crippen molar-refractivity contribution < 1.29 is 9.53 Å². The zero-order valence-electron chi connectivity index (χ0n) is 11.9. The van der Waals surface area contributed by atoms with Crippen LogP contribution in [0.3, 0.4) is 0 Å². The van der Waals surface area contributed by atoms with Crippen LogP contribution in [0.2, 0.25) is 0 Å². The van der Waals surface area contributed by atoms with E-state index in [1.54, 1.807) is 26.1 Å². The summed E-state index contributed by atoms with van der Waals surface area (Å²) in [4.78, 5) is 11.1. The van der Waals surface area contributed by atoms with E-state index >= 15 is 0 Å². The molecule has 1 heterocycles. The van der Waals surface area contributed by atoms with E-state index in [0.717, 1.165) is 17.4 Å². The number of nitrogens with zero attached hydrogens (tertiary/aromatic N) is 3. The Morgan fingerprint density at radius 2 is 1.90 bits per heavy atom. The van der Waals surface area contributed by atoms with Crippen LogP contribution in [0.4, 0.5) is 0 Å². The molecule has 102 valence electrons. The Hall–Kier alpha value is -2.61. The molecule has 0 fully saturated rings. The summed E-state index contributed by atoms with van der Waals surface area (Å²) in [6.45, 7) is 5.50. The lowest BCUT2D eigenvalue weighted by Crippen LogP contribution is -2.00. The van der Waals surface area contributed by atoms with Crippen molar-refractivity contribution in [3.05, 3.63) is 40.1 Å². The molecule has 0 aliphatic rings. The predicted molar refractivity (Wildman–Crippen MR) is 74.0 cm³/mol. The third-order valence-electron chi connectivity index (χ3n) is 3.12. The minimum atomic E-state index is 0.411. The summed E-state index contributed by atoms with van der Waals surface area (Å²) in [6.07, 6.45) is 0.742. The average Bonchev–Trinajstić information content (AvgIpc) is 2.67. The fourth-order valence-electron chi connectivity index (χ4n) is 2.18. The first-order chi connectivity index (χ1) is 9.47. The highest BCUT2D eigenvalue weighted by molar-refractivity contribution is 5.80. The monoisotopic (exact) mass is 269 g/mol. The minimum Gasteiger partial charge on any atom is -0.438 e. The van der Waals surface area contributed by atoms with Gasteiger partial charge < -0.3 is 4.74 Å². The molecule has 0 aliphatic carbocycles. The molecule has 5 heteroatoms. The van der Waals surface area contributed by atoms with Crippen LogP contribution in [-0.4, -0.2) is 16.1 Å². The lowest BCUT2D eigenvalue weighted by atomic mass is 10.1. The summed E-state index contributed by atoms with van der Waals surface area (Å²) in [6, 6.07) is 5.62.